The van der Waals surface area contributed by atoms with E-state index in [9.17, 15) is 9.59 Å². The minimum Gasteiger partial charge on any atom is -0.457 e. The van der Waals surface area contributed by atoms with Crippen molar-refractivity contribution in [1.29, 1.82) is 0 Å². The number of nitrogens with one attached hydrogen (secondary N) is 1. The van der Waals surface area contributed by atoms with Gasteiger partial charge in [0.1, 0.15) is 0 Å². The van der Waals surface area contributed by atoms with Crippen molar-refractivity contribution < 1.29 is 14.3 Å². The summed E-state index contributed by atoms with van der Waals surface area (Å²) in [5, 5.41) is 1.12. The number of H-pyrrole nitrogens is 1. The molecule has 5 nitrogen and oxygen atoms in total. The molecular formula is C22H26N2O3. The van der Waals surface area contributed by atoms with Crippen molar-refractivity contribution in [1.82, 2.24) is 9.55 Å². The van der Waals surface area contributed by atoms with Gasteiger partial charge in [-0.2, -0.15) is 0 Å². The van der Waals surface area contributed by atoms with Gasteiger partial charge < -0.3 is 14.3 Å². The second-order valence-electron chi connectivity index (χ2n) is 6.88. The SMILES string of the molecule is CCCn1c(C)cc(C(=O)COC(=O)CCc2c[nH]c3ccccc23)c1C. The molecule has 0 unspecified atom stereocenters. The number of aromatic nitrogens is 2. The highest BCUT2D eigenvalue weighted by atomic mass is 16.5. The van der Waals surface area contributed by atoms with Gasteiger partial charge in [0.2, 0.25) is 5.78 Å². The number of aryl methyl sites for hydroxylation is 2. The number of aromatic amines is 1. The van der Waals surface area contributed by atoms with Gasteiger partial charge in [-0.05, 0) is 44.4 Å². The monoisotopic (exact) mass is 366 g/mol. The Morgan fingerprint density at radius 3 is 2.74 bits per heavy atom. The van der Waals surface area contributed by atoms with Gasteiger partial charge in [0.15, 0.2) is 6.61 Å². The van der Waals surface area contributed by atoms with Crippen LogP contribution < -0.4 is 0 Å². The zero-order chi connectivity index (χ0) is 19.4. The Bertz CT molecular complexity index is 965. The number of esters is 1. The lowest BCUT2D eigenvalue weighted by Gasteiger charge is -2.08. The number of hydrogen-bond donors (Lipinski definition) is 1. The smallest absolute Gasteiger partial charge is 0.306 e. The Morgan fingerprint density at radius 1 is 1.19 bits per heavy atom. The van der Waals surface area contributed by atoms with Crippen LogP contribution in [0, 0.1) is 13.8 Å². The van der Waals surface area contributed by atoms with E-state index in [4.69, 9.17) is 4.74 Å². The number of para-hydroxylation sites is 1. The van der Waals surface area contributed by atoms with E-state index in [2.05, 4.69) is 16.5 Å². The molecule has 0 aliphatic rings. The molecule has 3 rings (SSSR count). The molecule has 0 aliphatic heterocycles. The van der Waals surface area contributed by atoms with Crippen LogP contribution in [0.1, 0.15) is 47.1 Å². The van der Waals surface area contributed by atoms with E-state index in [-0.39, 0.29) is 24.8 Å². The molecule has 1 N–H and O–H groups in total. The van der Waals surface area contributed by atoms with Crippen molar-refractivity contribution in [2.75, 3.05) is 6.61 Å². The number of rotatable bonds is 8. The molecular weight excluding hydrogens is 340 g/mol. The Kier molecular flexibility index (Phi) is 5.79. The first-order chi connectivity index (χ1) is 13.0. The molecule has 0 atom stereocenters. The number of carbonyl (C=O) groups excluding carboxylic acids is 2. The van der Waals surface area contributed by atoms with E-state index in [1.54, 1.807) is 0 Å². The van der Waals surface area contributed by atoms with Gasteiger partial charge in [-0.25, -0.2) is 0 Å². The first-order valence-corrected chi connectivity index (χ1v) is 9.41. The molecule has 0 aliphatic carbocycles. The van der Waals surface area contributed by atoms with Crippen LogP contribution in [0.2, 0.25) is 0 Å². The van der Waals surface area contributed by atoms with E-state index >= 15 is 0 Å². The van der Waals surface area contributed by atoms with Crippen LogP contribution in [0.4, 0.5) is 0 Å². The summed E-state index contributed by atoms with van der Waals surface area (Å²) in [5.41, 5.74) is 4.78. The van der Waals surface area contributed by atoms with Gasteiger partial charge in [-0.1, -0.05) is 25.1 Å². The molecule has 27 heavy (non-hydrogen) atoms. The van der Waals surface area contributed by atoms with Crippen LogP contribution in [0.5, 0.6) is 0 Å². The van der Waals surface area contributed by atoms with Gasteiger partial charge in [-0.15, -0.1) is 0 Å². The largest absolute Gasteiger partial charge is 0.457 e. The fraction of sp³-hybridized carbons (Fsp3) is 0.364. The van der Waals surface area contributed by atoms with Crippen molar-refractivity contribution >= 4 is 22.7 Å². The Hall–Kier alpha value is -2.82. The summed E-state index contributed by atoms with van der Waals surface area (Å²) in [6.07, 6.45) is 3.77. The number of benzene rings is 1. The average molecular weight is 366 g/mol. The second kappa shape index (κ2) is 8.25. The molecule has 3 aromatic rings. The van der Waals surface area contributed by atoms with Crippen molar-refractivity contribution in [3.05, 3.63) is 59.0 Å². The normalized spacial score (nSPS) is 11.1. The summed E-state index contributed by atoms with van der Waals surface area (Å²) in [7, 11) is 0. The zero-order valence-corrected chi connectivity index (χ0v) is 16.2. The maximum Gasteiger partial charge on any atom is 0.306 e. The van der Waals surface area contributed by atoms with Gasteiger partial charge >= 0.3 is 5.97 Å². The Morgan fingerprint density at radius 2 is 1.96 bits per heavy atom. The maximum atomic E-state index is 12.5. The average Bonchev–Trinajstić information content (AvgIpc) is 3.20. The molecule has 0 bridgehead atoms. The highest BCUT2D eigenvalue weighted by Crippen LogP contribution is 2.19. The molecule has 0 radical (unpaired) electrons. The van der Waals surface area contributed by atoms with Crippen molar-refractivity contribution in [2.24, 2.45) is 0 Å². The van der Waals surface area contributed by atoms with E-state index in [0.717, 1.165) is 40.8 Å². The zero-order valence-electron chi connectivity index (χ0n) is 16.2. The Labute approximate surface area is 159 Å². The quantitative estimate of drug-likeness (QED) is 0.476. The van der Waals surface area contributed by atoms with Gasteiger partial charge in [0.05, 0.1) is 0 Å². The van der Waals surface area contributed by atoms with E-state index < -0.39 is 0 Å². The highest BCUT2D eigenvalue weighted by Gasteiger charge is 2.17. The lowest BCUT2D eigenvalue weighted by Crippen LogP contribution is -2.15. The molecule has 142 valence electrons. The fourth-order valence-electron chi connectivity index (χ4n) is 3.52. The number of hydrogen-bond acceptors (Lipinski definition) is 3. The fourth-order valence-corrected chi connectivity index (χ4v) is 3.52. The molecule has 0 saturated heterocycles. The summed E-state index contributed by atoms with van der Waals surface area (Å²) < 4.78 is 7.36. The lowest BCUT2D eigenvalue weighted by molar-refractivity contribution is -0.142. The van der Waals surface area contributed by atoms with Gasteiger partial charge in [-0.3, -0.25) is 9.59 Å². The minimum absolute atomic E-state index is 0.147. The number of ketones is 1. The van der Waals surface area contributed by atoms with Gasteiger partial charge in [0, 0.05) is 47.0 Å². The number of carbonyl (C=O) groups is 2. The standard InChI is InChI=1S/C22H26N2O3/c1-4-11-24-15(2)12-19(16(24)3)21(25)14-27-22(26)10-9-17-13-23-20-8-6-5-7-18(17)20/h5-8,12-13,23H,4,9-11,14H2,1-3H3. The third-order valence-corrected chi connectivity index (χ3v) is 4.96. The summed E-state index contributed by atoms with van der Waals surface area (Å²) in [6.45, 7) is 6.72. The molecule has 0 saturated carbocycles. The van der Waals surface area contributed by atoms with Crippen molar-refractivity contribution in [3.63, 3.8) is 0 Å². The van der Waals surface area contributed by atoms with E-state index in [0.29, 0.717) is 12.0 Å². The third-order valence-electron chi connectivity index (χ3n) is 4.96. The molecule has 2 aromatic heterocycles. The molecule has 0 fully saturated rings. The minimum atomic E-state index is -0.351. The van der Waals surface area contributed by atoms with Crippen LogP contribution in [0.3, 0.4) is 0 Å². The van der Waals surface area contributed by atoms with Gasteiger partial charge in [0.25, 0.3) is 0 Å². The highest BCUT2D eigenvalue weighted by molar-refractivity contribution is 5.99. The molecule has 1 aromatic carbocycles. The number of nitrogens with zero attached hydrogens (tertiary/aromatic N) is 1. The first kappa shape index (κ1) is 19.0. The molecule has 5 heteroatoms. The lowest BCUT2D eigenvalue weighted by atomic mass is 10.1. The second-order valence-corrected chi connectivity index (χ2v) is 6.88. The van der Waals surface area contributed by atoms with Crippen LogP contribution >= 0.6 is 0 Å². The topological polar surface area (TPSA) is 64.1 Å². The van der Waals surface area contributed by atoms with Crippen molar-refractivity contribution in [2.45, 2.75) is 46.6 Å². The summed E-state index contributed by atoms with van der Waals surface area (Å²) in [6, 6.07) is 9.87. The van der Waals surface area contributed by atoms with Crippen LogP contribution in [0.25, 0.3) is 10.9 Å². The van der Waals surface area contributed by atoms with E-state index in [1.807, 2.05) is 50.4 Å². The summed E-state index contributed by atoms with van der Waals surface area (Å²) in [5.74, 6) is -0.498. The molecule has 0 amide bonds. The number of fused-ring (bicyclic) bond motifs is 1. The summed E-state index contributed by atoms with van der Waals surface area (Å²) >= 11 is 0. The van der Waals surface area contributed by atoms with Crippen LogP contribution in [-0.2, 0) is 22.5 Å². The molecule has 0 spiro atoms. The third kappa shape index (κ3) is 4.13. The number of ether oxygens (including phenoxy) is 1. The van der Waals surface area contributed by atoms with Crippen molar-refractivity contribution in [3.8, 4) is 0 Å². The predicted molar refractivity (Wildman–Crippen MR) is 106 cm³/mol. The Balaban J connectivity index is 1.55. The number of Topliss-reactive ketones (excluding diaryl/α,β-unsaturated/α-hetero) is 1. The van der Waals surface area contributed by atoms with E-state index in [1.165, 1.54) is 0 Å². The van der Waals surface area contributed by atoms with Crippen LogP contribution in [0.15, 0.2) is 36.5 Å². The first-order valence-electron chi connectivity index (χ1n) is 9.41. The predicted octanol–water partition coefficient (Wildman–Crippen LogP) is 4.35. The summed E-state index contributed by atoms with van der Waals surface area (Å²) in [4.78, 5) is 27.7. The maximum absolute atomic E-state index is 12.5. The van der Waals surface area contributed by atoms with Crippen LogP contribution in [-0.4, -0.2) is 27.9 Å². The molecule has 2 heterocycles.